The third-order valence-electron chi connectivity index (χ3n) is 3.16. The summed E-state index contributed by atoms with van der Waals surface area (Å²) in [7, 11) is 0. The lowest BCUT2D eigenvalue weighted by molar-refractivity contribution is 0.218. The lowest BCUT2D eigenvalue weighted by Crippen LogP contribution is -2.34. The molecule has 0 bridgehead atoms. The van der Waals surface area contributed by atoms with Crippen LogP contribution in [-0.4, -0.2) is 24.0 Å². The first-order chi connectivity index (χ1) is 6.88. The van der Waals surface area contributed by atoms with Crippen LogP contribution in [-0.2, 0) is 0 Å². The van der Waals surface area contributed by atoms with E-state index in [4.69, 9.17) is 5.26 Å². The van der Waals surface area contributed by atoms with E-state index in [2.05, 4.69) is 17.9 Å². The van der Waals surface area contributed by atoms with E-state index in [0.29, 0.717) is 12.6 Å². The molecule has 0 unspecified atom stereocenters. The van der Waals surface area contributed by atoms with Crippen molar-refractivity contribution in [2.24, 2.45) is 0 Å². The molecule has 0 saturated heterocycles. The molecule has 80 valence electrons. The van der Waals surface area contributed by atoms with Gasteiger partial charge >= 0.3 is 0 Å². The molecule has 0 spiro atoms. The molecule has 0 aromatic rings. The van der Waals surface area contributed by atoms with E-state index in [1.807, 2.05) is 0 Å². The number of nitrogens with zero attached hydrogens (tertiary/aromatic N) is 2. The molecule has 0 aliphatic heterocycles. The van der Waals surface area contributed by atoms with Gasteiger partial charge in [0.25, 0.3) is 0 Å². The SMILES string of the molecule is CCCCCN(CC#N)C1CCCC1. The molecule has 2 nitrogen and oxygen atoms in total. The molecule has 0 aromatic heterocycles. The van der Waals surface area contributed by atoms with Crippen molar-refractivity contribution >= 4 is 0 Å². The van der Waals surface area contributed by atoms with E-state index in [0.717, 1.165) is 6.54 Å². The predicted octanol–water partition coefficient (Wildman–Crippen LogP) is 2.94. The highest BCUT2D eigenvalue weighted by Crippen LogP contribution is 2.23. The summed E-state index contributed by atoms with van der Waals surface area (Å²) in [5.74, 6) is 0. The number of nitriles is 1. The molecular weight excluding hydrogens is 172 g/mol. The number of unbranched alkanes of at least 4 members (excludes halogenated alkanes) is 2. The predicted molar refractivity (Wildman–Crippen MR) is 59.0 cm³/mol. The lowest BCUT2D eigenvalue weighted by Gasteiger charge is -2.25. The Morgan fingerprint density at radius 1 is 1.29 bits per heavy atom. The van der Waals surface area contributed by atoms with Crippen molar-refractivity contribution < 1.29 is 0 Å². The van der Waals surface area contributed by atoms with Crippen molar-refractivity contribution in [3.63, 3.8) is 0 Å². The maximum absolute atomic E-state index is 8.76. The highest BCUT2D eigenvalue weighted by Gasteiger charge is 2.21. The third-order valence-corrected chi connectivity index (χ3v) is 3.16. The standard InChI is InChI=1S/C12H22N2/c1-2-3-6-10-14(11-9-13)12-7-4-5-8-12/h12H,2-8,10-11H2,1H3. The van der Waals surface area contributed by atoms with Gasteiger partial charge in [0.1, 0.15) is 0 Å². The Balaban J connectivity index is 2.26. The Morgan fingerprint density at radius 2 is 2.00 bits per heavy atom. The van der Waals surface area contributed by atoms with Crippen molar-refractivity contribution in [3.05, 3.63) is 0 Å². The molecule has 1 rings (SSSR count). The molecule has 0 aromatic carbocycles. The molecule has 0 heterocycles. The summed E-state index contributed by atoms with van der Waals surface area (Å²) in [6.07, 6.45) is 9.18. The average molecular weight is 194 g/mol. The first kappa shape index (κ1) is 11.5. The van der Waals surface area contributed by atoms with Gasteiger partial charge in [-0.2, -0.15) is 5.26 Å². The molecule has 0 N–H and O–H groups in total. The first-order valence-corrected chi connectivity index (χ1v) is 5.99. The van der Waals surface area contributed by atoms with Gasteiger partial charge in [0.15, 0.2) is 0 Å². The quantitative estimate of drug-likeness (QED) is 0.480. The van der Waals surface area contributed by atoms with Crippen LogP contribution in [0.15, 0.2) is 0 Å². The molecule has 1 saturated carbocycles. The maximum atomic E-state index is 8.76. The molecule has 1 fully saturated rings. The van der Waals surface area contributed by atoms with Crippen LogP contribution in [0.25, 0.3) is 0 Å². The van der Waals surface area contributed by atoms with Gasteiger partial charge in [-0.15, -0.1) is 0 Å². The Kier molecular flexibility index (Phi) is 5.63. The van der Waals surface area contributed by atoms with E-state index in [1.165, 1.54) is 44.9 Å². The third kappa shape index (κ3) is 3.67. The van der Waals surface area contributed by atoms with Gasteiger partial charge < -0.3 is 0 Å². The molecule has 0 radical (unpaired) electrons. The molecular formula is C12H22N2. The Labute approximate surface area is 87.9 Å². The van der Waals surface area contributed by atoms with Crippen molar-refractivity contribution in [1.82, 2.24) is 4.90 Å². The summed E-state index contributed by atoms with van der Waals surface area (Å²) in [4.78, 5) is 2.39. The van der Waals surface area contributed by atoms with Gasteiger partial charge in [0.05, 0.1) is 12.6 Å². The van der Waals surface area contributed by atoms with Crippen LogP contribution in [0, 0.1) is 11.3 Å². The van der Waals surface area contributed by atoms with Crippen molar-refractivity contribution in [3.8, 4) is 6.07 Å². The summed E-state index contributed by atoms with van der Waals surface area (Å²) in [6, 6.07) is 3.01. The summed E-state index contributed by atoms with van der Waals surface area (Å²) in [5, 5.41) is 8.76. The number of hydrogen-bond donors (Lipinski definition) is 0. The van der Waals surface area contributed by atoms with E-state index in [9.17, 15) is 0 Å². The van der Waals surface area contributed by atoms with Crippen LogP contribution in [0.2, 0.25) is 0 Å². The second kappa shape index (κ2) is 6.84. The second-order valence-electron chi connectivity index (χ2n) is 4.27. The van der Waals surface area contributed by atoms with Crippen LogP contribution in [0.4, 0.5) is 0 Å². The fraction of sp³-hybridized carbons (Fsp3) is 0.917. The van der Waals surface area contributed by atoms with Crippen LogP contribution < -0.4 is 0 Å². The minimum Gasteiger partial charge on any atom is -0.288 e. The highest BCUT2D eigenvalue weighted by molar-refractivity contribution is 4.84. The van der Waals surface area contributed by atoms with Crippen LogP contribution in [0.5, 0.6) is 0 Å². The van der Waals surface area contributed by atoms with Crippen LogP contribution in [0.3, 0.4) is 0 Å². The highest BCUT2D eigenvalue weighted by atomic mass is 15.1. The second-order valence-corrected chi connectivity index (χ2v) is 4.27. The fourth-order valence-corrected chi connectivity index (χ4v) is 2.32. The lowest BCUT2D eigenvalue weighted by atomic mass is 10.2. The molecule has 2 heteroatoms. The van der Waals surface area contributed by atoms with E-state index < -0.39 is 0 Å². The fourth-order valence-electron chi connectivity index (χ4n) is 2.32. The van der Waals surface area contributed by atoms with Crippen LogP contribution >= 0.6 is 0 Å². The first-order valence-electron chi connectivity index (χ1n) is 5.99. The van der Waals surface area contributed by atoms with Gasteiger partial charge in [0, 0.05) is 6.04 Å². The van der Waals surface area contributed by atoms with Gasteiger partial charge in [-0.25, -0.2) is 0 Å². The largest absolute Gasteiger partial charge is 0.288 e. The van der Waals surface area contributed by atoms with Gasteiger partial charge in [0.2, 0.25) is 0 Å². The van der Waals surface area contributed by atoms with Gasteiger partial charge in [-0.05, 0) is 25.8 Å². The minimum absolute atomic E-state index is 0.633. The van der Waals surface area contributed by atoms with E-state index >= 15 is 0 Å². The monoisotopic (exact) mass is 194 g/mol. The molecule has 14 heavy (non-hydrogen) atoms. The smallest absolute Gasteiger partial charge is 0.0868 e. The van der Waals surface area contributed by atoms with Gasteiger partial charge in [-0.1, -0.05) is 32.6 Å². The summed E-state index contributed by atoms with van der Waals surface area (Å²) in [6.45, 7) is 3.99. The van der Waals surface area contributed by atoms with Crippen LogP contribution in [0.1, 0.15) is 51.9 Å². The molecule has 0 amide bonds. The zero-order valence-electron chi connectivity index (χ0n) is 9.34. The van der Waals surface area contributed by atoms with Gasteiger partial charge in [-0.3, -0.25) is 4.90 Å². The van der Waals surface area contributed by atoms with Crippen molar-refractivity contribution in [2.75, 3.05) is 13.1 Å². The average Bonchev–Trinajstić information content (AvgIpc) is 2.70. The molecule has 1 aliphatic rings. The maximum Gasteiger partial charge on any atom is 0.0868 e. The Morgan fingerprint density at radius 3 is 2.57 bits per heavy atom. The van der Waals surface area contributed by atoms with Crippen molar-refractivity contribution in [2.45, 2.75) is 57.9 Å². The normalized spacial score (nSPS) is 17.5. The molecule has 0 atom stereocenters. The summed E-state index contributed by atoms with van der Waals surface area (Å²) in [5.41, 5.74) is 0. The summed E-state index contributed by atoms with van der Waals surface area (Å²) < 4.78 is 0. The van der Waals surface area contributed by atoms with E-state index in [1.54, 1.807) is 0 Å². The topological polar surface area (TPSA) is 27.0 Å². The number of rotatable bonds is 6. The Hall–Kier alpha value is -0.550. The van der Waals surface area contributed by atoms with Crippen molar-refractivity contribution in [1.29, 1.82) is 5.26 Å². The Bertz CT molecular complexity index is 177. The van der Waals surface area contributed by atoms with E-state index in [-0.39, 0.29) is 0 Å². The zero-order chi connectivity index (χ0) is 10.2. The minimum atomic E-state index is 0.633. The molecule has 1 aliphatic carbocycles. The summed E-state index contributed by atoms with van der Waals surface area (Å²) >= 11 is 0. The zero-order valence-corrected chi connectivity index (χ0v) is 9.34. The number of hydrogen-bond acceptors (Lipinski definition) is 2.